The van der Waals surface area contributed by atoms with Gasteiger partial charge in [-0.1, -0.05) is 0 Å². The van der Waals surface area contributed by atoms with Gasteiger partial charge in [-0.15, -0.1) is 0 Å². The van der Waals surface area contributed by atoms with E-state index in [0.717, 1.165) is 24.8 Å². The maximum absolute atomic E-state index is 10.7. The highest BCUT2D eigenvalue weighted by atomic mass is 16.5. The number of hydrogen-bond donors (Lipinski definition) is 1. The van der Waals surface area contributed by atoms with E-state index >= 15 is 0 Å². The van der Waals surface area contributed by atoms with E-state index in [1.165, 1.54) is 0 Å². The van der Waals surface area contributed by atoms with Crippen LogP contribution in [0.2, 0.25) is 0 Å². The molecule has 0 aliphatic rings. The third kappa shape index (κ3) is 4.35. The molecular formula is C14H21NO4. The van der Waals surface area contributed by atoms with Crippen LogP contribution < -0.4 is 19.9 Å². The molecule has 0 atom stereocenters. The van der Waals surface area contributed by atoms with E-state index in [-0.39, 0.29) is 5.91 Å². The molecule has 0 unspecified atom stereocenters. The van der Waals surface area contributed by atoms with Gasteiger partial charge in [0, 0.05) is 6.42 Å². The van der Waals surface area contributed by atoms with Gasteiger partial charge in [-0.25, -0.2) is 0 Å². The molecule has 0 spiro atoms. The van der Waals surface area contributed by atoms with Gasteiger partial charge < -0.3 is 19.9 Å². The van der Waals surface area contributed by atoms with E-state index in [4.69, 9.17) is 19.9 Å². The van der Waals surface area contributed by atoms with Crippen LogP contribution in [0.4, 0.5) is 0 Å². The Kier molecular flexibility index (Phi) is 5.99. The fraction of sp³-hybridized carbons (Fsp3) is 0.500. The van der Waals surface area contributed by atoms with Gasteiger partial charge in [0.05, 0.1) is 21.3 Å². The quantitative estimate of drug-likeness (QED) is 0.730. The van der Waals surface area contributed by atoms with Crippen LogP contribution in [0.5, 0.6) is 17.2 Å². The maximum Gasteiger partial charge on any atom is 0.217 e. The predicted octanol–water partition coefficient (Wildman–Crippen LogP) is 1.91. The van der Waals surface area contributed by atoms with Crippen molar-refractivity contribution in [1.29, 1.82) is 0 Å². The van der Waals surface area contributed by atoms with Crippen molar-refractivity contribution in [2.24, 2.45) is 5.73 Å². The number of methoxy groups -OCH3 is 3. The van der Waals surface area contributed by atoms with Crippen molar-refractivity contribution in [2.75, 3.05) is 21.3 Å². The summed E-state index contributed by atoms with van der Waals surface area (Å²) in [6.45, 7) is 0. The minimum absolute atomic E-state index is 0.259. The Morgan fingerprint density at radius 2 is 1.63 bits per heavy atom. The molecule has 106 valence electrons. The summed E-state index contributed by atoms with van der Waals surface area (Å²) in [6, 6.07) is 3.84. The Hall–Kier alpha value is -1.91. The molecular weight excluding hydrogens is 246 g/mol. The molecule has 5 nitrogen and oxygen atoms in total. The summed E-state index contributed by atoms with van der Waals surface area (Å²) in [4.78, 5) is 10.7. The number of amides is 1. The highest BCUT2D eigenvalue weighted by Gasteiger charge is 2.12. The van der Waals surface area contributed by atoms with E-state index in [2.05, 4.69) is 0 Å². The Morgan fingerprint density at radius 3 is 2.05 bits per heavy atom. The number of benzene rings is 1. The molecule has 0 aromatic heterocycles. The zero-order valence-electron chi connectivity index (χ0n) is 11.7. The number of rotatable bonds is 8. The van der Waals surface area contributed by atoms with Gasteiger partial charge in [-0.3, -0.25) is 4.79 Å². The SMILES string of the molecule is COc1cc(CCCCC(N)=O)cc(OC)c1OC. The van der Waals surface area contributed by atoms with Gasteiger partial charge in [0.2, 0.25) is 11.7 Å². The number of nitrogens with two attached hydrogens (primary N) is 1. The minimum Gasteiger partial charge on any atom is -0.493 e. The van der Waals surface area contributed by atoms with Crippen LogP contribution >= 0.6 is 0 Å². The van der Waals surface area contributed by atoms with Crippen LogP contribution in [0.1, 0.15) is 24.8 Å². The van der Waals surface area contributed by atoms with Crippen LogP contribution in [0.25, 0.3) is 0 Å². The molecule has 2 N–H and O–H groups in total. The summed E-state index contributed by atoms with van der Waals surface area (Å²) in [5, 5.41) is 0. The van der Waals surface area contributed by atoms with Crippen LogP contribution in [0.3, 0.4) is 0 Å². The van der Waals surface area contributed by atoms with Gasteiger partial charge >= 0.3 is 0 Å². The van der Waals surface area contributed by atoms with Crippen LogP contribution in [-0.4, -0.2) is 27.2 Å². The Balaban J connectivity index is 2.76. The molecule has 1 amide bonds. The molecule has 0 radical (unpaired) electrons. The van der Waals surface area contributed by atoms with E-state index < -0.39 is 0 Å². The van der Waals surface area contributed by atoms with Crippen molar-refractivity contribution in [3.05, 3.63) is 17.7 Å². The van der Waals surface area contributed by atoms with Crippen molar-refractivity contribution in [2.45, 2.75) is 25.7 Å². The van der Waals surface area contributed by atoms with Crippen molar-refractivity contribution in [3.8, 4) is 17.2 Å². The summed E-state index contributed by atoms with van der Waals surface area (Å²) in [5.41, 5.74) is 6.19. The van der Waals surface area contributed by atoms with Gasteiger partial charge in [0.1, 0.15) is 0 Å². The Bertz CT molecular complexity index is 406. The predicted molar refractivity (Wildman–Crippen MR) is 72.8 cm³/mol. The van der Waals surface area contributed by atoms with Crippen LogP contribution in [0, 0.1) is 0 Å². The number of carbonyl (C=O) groups excluding carboxylic acids is 1. The second-order valence-electron chi connectivity index (χ2n) is 4.21. The van der Waals surface area contributed by atoms with Crippen molar-refractivity contribution in [1.82, 2.24) is 0 Å². The zero-order chi connectivity index (χ0) is 14.3. The standard InChI is InChI=1S/C14H21NO4/c1-17-11-8-10(6-4-5-7-13(15)16)9-12(18-2)14(11)19-3/h8-9H,4-7H2,1-3H3,(H2,15,16). The largest absolute Gasteiger partial charge is 0.493 e. The highest BCUT2D eigenvalue weighted by Crippen LogP contribution is 2.38. The first kappa shape index (κ1) is 15.1. The molecule has 0 aliphatic carbocycles. The third-order valence-corrected chi connectivity index (χ3v) is 2.86. The summed E-state index contributed by atoms with van der Waals surface area (Å²) < 4.78 is 15.8. The molecule has 0 fully saturated rings. The number of aryl methyl sites for hydroxylation is 1. The zero-order valence-corrected chi connectivity index (χ0v) is 11.7. The third-order valence-electron chi connectivity index (χ3n) is 2.86. The van der Waals surface area contributed by atoms with Crippen molar-refractivity contribution >= 4 is 5.91 Å². The lowest BCUT2D eigenvalue weighted by Crippen LogP contribution is -2.09. The topological polar surface area (TPSA) is 70.8 Å². The lowest BCUT2D eigenvalue weighted by molar-refractivity contribution is -0.118. The molecule has 0 saturated carbocycles. The summed E-state index contributed by atoms with van der Waals surface area (Å²) >= 11 is 0. The summed E-state index contributed by atoms with van der Waals surface area (Å²) in [5.74, 6) is 1.62. The van der Waals surface area contributed by atoms with Crippen LogP contribution in [0.15, 0.2) is 12.1 Å². The maximum atomic E-state index is 10.7. The van der Waals surface area contributed by atoms with Gasteiger partial charge in [-0.2, -0.15) is 0 Å². The molecule has 1 rings (SSSR count). The smallest absolute Gasteiger partial charge is 0.217 e. The number of ether oxygens (including phenoxy) is 3. The number of hydrogen-bond acceptors (Lipinski definition) is 4. The van der Waals surface area contributed by atoms with E-state index in [1.807, 2.05) is 12.1 Å². The Morgan fingerprint density at radius 1 is 1.05 bits per heavy atom. The first-order chi connectivity index (χ1) is 9.12. The lowest BCUT2D eigenvalue weighted by Gasteiger charge is -2.14. The molecule has 1 aromatic rings. The minimum atomic E-state index is -0.259. The van der Waals surface area contributed by atoms with Crippen LogP contribution in [-0.2, 0) is 11.2 Å². The fourth-order valence-corrected chi connectivity index (χ4v) is 1.91. The molecule has 0 aliphatic heterocycles. The molecule has 0 heterocycles. The molecule has 19 heavy (non-hydrogen) atoms. The number of carbonyl (C=O) groups is 1. The average Bonchev–Trinajstić information content (AvgIpc) is 2.42. The normalized spacial score (nSPS) is 10.1. The van der Waals surface area contributed by atoms with Crippen molar-refractivity contribution < 1.29 is 19.0 Å². The summed E-state index contributed by atoms with van der Waals surface area (Å²) in [6.07, 6.45) is 2.93. The molecule has 0 saturated heterocycles. The van der Waals surface area contributed by atoms with Gasteiger partial charge in [0.15, 0.2) is 11.5 Å². The second kappa shape index (κ2) is 7.51. The summed E-state index contributed by atoms with van der Waals surface area (Å²) in [7, 11) is 4.76. The Labute approximate surface area is 113 Å². The van der Waals surface area contributed by atoms with E-state index in [1.54, 1.807) is 21.3 Å². The average molecular weight is 267 g/mol. The molecule has 1 aromatic carbocycles. The fourth-order valence-electron chi connectivity index (χ4n) is 1.91. The molecule has 5 heteroatoms. The lowest BCUT2D eigenvalue weighted by atomic mass is 10.1. The first-order valence-corrected chi connectivity index (χ1v) is 6.19. The van der Waals surface area contributed by atoms with Gasteiger partial charge in [-0.05, 0) is 37.0 Å². The van der Waals surface area contributed by atoms with Crippen molar-refractivity contribution in [3.63, 3.8) is 0 Å². The molecule has 0 bridgehead atoms. The van der Waals surface area contributed by atoms with E-state index in [0.29, 0.717) is 23.7 Å². The highest BCUT2D eigenvalue weighted by molar-refractivity contribution is 5.73. The van der Waals surface area contributed by atoms with Gasteiger partial charge in [0.25, 0.3) is 0 Å². The number of primary amides is 1. The number of unbranched alkanes of at least 4 members (excludes halogenated alkanes) is 1. The first-order valence-electron chi connectivity index (χ1n) is 6.19. The van der Waals surface area contributed by atoms with E-state index in [9.17, 15) is 4.79 Å². The monoisotopic (exact) mass is 267 g/mol. The second-order valence-corrected chi connectivity index (χ2v) is 4.21.